The summed E-state index contributed by atoms with van der Waals surface area (Å²) in [5.74, 6) is -2.10. The van der Waals surface area contributed by atoms with E-state index in [9.17, 15) is 19.8 Å². The molecule has 0 unspecified atom stereocenters. The minimum atomic E-state index is -1.19. The molecule has 1 fully saturated rings. The Morgan fingerprint density at radius 1 is 1.52 bits per heavy atom. The first-order chi connectivity index (χ1) is 10.7. The molecule has 124 valence electrons. The number of aliphatic carboxylic acids is 1. The van der Waals surface area contributed by atoms with Crippen LogP contribution in [0.25, 0.3) is 0 Å². The Hall–Kier alpha value is -1.94. The second-order valence-electron chi connectivity index (χ2n) is 6.27. The molecule has 0 aromatic carbocycles. The standard InChI is InChI=1S/C13H17N5O4S/c1-6(17-5-14-15-16-17)4-7-9(12(20)21)18-10(19)8(11(18)23-7)13(2,3)22/h5-6,8,11,22H,4H2,1-3H3,(H,20,21)/t6-,8+,11-/m1/s1. The van der Waals surface area contributed by atoms with Crippen LogP contribution in [-0.2, 0) is 9.59 Å². The molecule has 0 spiro atoms. The molecule has 9 nitrogen and oxygen atoms in total. The van der Waals surface area contributed by atoms with Gasteiger partial charge in [0.15, 0.2) is 0 Å². The van der Waals surface area contributed by atoms with Gasteiger partial charge in [-0.25, -0.2) is 9.48 Å². The van der Waals surface area contributed by atoms with Crippen LogP contribution in [0.3, 0.4) is 0 Å². The summed E-state index contributed by atoms with van der Waals surface area (Å²) in [5, 5.41) is 30.2. The lowest BCUT2D eigenvalue weighted by atomic mass is 9.82. The summed E-state index contributed by atoms with van der Waals surface area (Å²) >= 11 is 1.32. The van der Waals surface area contributed by atoms with Gasteiger partial charge in [-0.2, -0.15) is 0 Å². The van der Waals surface area contributed by atoms with Crippen molar-refractivity contribution in [3.8, 4) is 0 Å². The average Bonchev–Trinajstić information content (AvgIpc) is 3.03. The van der Waals surface area contributed by atoms with Gasteiger partial charge in [0, 0.05) is 11.3 Å². The number of aliphatic hydroxyl groups is 1. The van der Waals surface area contributed by atoms with E-state index in [0.29, 0.717) is 11.3 Å². The fraction of sp³-hybridized carbons (Fsp3) is 0.615. The maximum atomic E-state index is 12.3. The fourth-order valence-corrected chi connectivity index (χ4v) is 4.74. The number of carbonyl (C=O) groups is 2. The van der Waals surface area contributed by atoms with Gasteiger partial charge >= 0.3 is 5.97 Å². The number of hydrogen-bond acceptors (Lipinski definition) is 7. The minimum absolute atomic E-state index is 0.00502. The second kappa shape index (κ2) is 5.31. The normalized spacial score (nSPS) is 25.4. The van der Waals surface area contributed by atoms with E-state index >= 15 is 0 Å². The number of tetrazole rings is 1. The highest BCUT2D eigenvalue weighted by molar-refractivity contribution is 8.04. The zero-order valence-corrected chi connectivity index (χ0v) is 13.7. The molecule has 3 atom stereocenters. The summed E-state index contributed by atoms with van der Waals surface area (Å²) in [7, 11) is 0. The molecule has 0 aliphatic carbocycles. The number of allylic oxidation sites excluding steroid dienone is 1. The lowest BCUT2D eigenvalue weighted by Gasteiger charge is -2.47. The highest BCUT2D eigenvalue weighted by atomic mass is 32.2. The van der Waals surface area contributed by atoms with E-state index < -0.39 is 17.5 Å². The number of fused-ring (bicyclic) bond motifs is 1. The quantitative estimate of drug-likeness (QED) is 0.731. The highest BCUT2D eigenvalue weighted by Crippen LogP contribution is 2.53. The first kappa shape index (κ1) is 15.9. The molecule has 10 heteroatoms. The molecule has 2 N–H and O–H groups in total. The van der Waals surface area contributed by atoms with E-state index in [0.717, 1.165) is 0 Å². The van der Waals surface area contributed by atoms with Gasteiger partial charge in [-0.1, -0.05) is 0 Å². The van der Waals surface area contributed by atoms with E-state index in [-0.39, 0.29) is 23.0 Å². The summed E-state index contributed by atoms with van der Waals surface area (Å²) in [6.07, 6.45) is 1.86. The van der Waals surface area contributed by atoms with E-state index in [1.807, 2.05) is 6.92 Å². The van der Waals surface area contributed by atoms with Crippen molar-refractivity contribution in [1.82, 2.24) is 25.1 Å². The summed E-state index contributed by atoms with van der Waals surface area (Å²) in [4.78, 5) is 25.8. The van der Waals surface area contributed by atoms with Gasteiger partial charge in [-0.3, -0.25) is 9.69 Å². The number of aromatic nitrogens is 4. The topological polar surface area (TPSA) is 121 Å². The zero-order chi connectivity index (χ0) is 16.9. The molecule has 1 amide bonds. The number of nitrogens with zero attached hydrogens (tertiary/aromatic N) is 5. The van der Waals surface area contributed by atoms with Crippen molar-refractivity contribution in [1.29, 1.82) is 0 Å². The number of amides is 1. The van der Waals surface area contributed by atoms with Crippen LogP contribution in [0.15, 0.2) is 16.9 Å². The first-order valence-electron chi connectivity index (χ1n) is 7.13. The van der Waals surface area contributed by atoms with Crippen molar-refractivity contribution in [2.24, 2.45) is 5.92 Å². The number of β-lactam (4-membered cyclic amide) rings is 1. The van der Waals surface area contributed by atoms with Gasteiger partial charge in [-0.15, -0.1) is 16.9 Å². The summed E-state index contributed by atoms with van der Waals surface area (Å²) in [5.41, 5.74) is -1.18. The number of carboxylic acids is 1. The molecule has 0 saturated carbocycles. The number of hydrogen-bond donors (Lipinski definition) is 2. The Balaban J connectivity index is 1.86. The lowest BCUT2D eigenvalue weighted by Crippen LogP contribution is -2.64. The van der Waals surface area contributed by atoms with Crippen molar-refractivity contribution < 1.29 is 19.8 Å². The zero-order valence-electron chi connectivity index (χ0n) is 12.9. The van der Waals surface area contributed by atoms with Crippen LogP contribution in [0, 0.1) is 5.92 Å². The molecule has 3 heterocycles. The fourth-order valence-electron chi connectivity index (χ4n) is 2.91. The third-order valence-corrected chi connectivity index (χ3v) is 5.44. The minimum Gasteiger partial charge on any atom is -0.477 e. The number of carbonyl (C=O) groups excluding carboxylic acids is 1. The molecule has 0 radical (unpaired) electrons. The van der Waals surface area contributed by atoms with Crippen molar-refractivity contribution in [3.63, 3.8) is 0 Å². The molecule has 1 aromatic rings. The monoisotopic (exact) mass is 339 g/mol. The van der Waals surface area contributed by atoms with Gasteiger partial charge < -0.3 is 10.2 Å². The molecule has 1 saturated heterocycles. The maximum Gasteiger partial charge on any atom is 0.353 e. The first-order valence-corrected chi connectivity index (χ1v) is 8.00. The van der Waals surface area contributed by atoms with Crippen molar-refractivity contribution in [3.05, 3.63) is 16.9 Å². The van der Waals surface area contributed by atoms with Crippen molar-refractivity contribution >= 4 is 23.6 Å². The van der Waals surface area contributed by atoms with Gasteiger partial charge in [0.2, 0.25) is 5.91 Å². The van der Waals surface area contributed by atoms with Crippen molar-refractivity contribution in [2.45, 2.75) is 44.2 Å². The van der Waals surface area contributed by atoms with Gasteiger partial charge in [0.25, 0.3) is 0 Å². The maximum absolute atomic E-state index is 12.3. The van der Waals surface area contributed by atoms with Gasteiger partial charge in [0.05, 0.1) is 17.6 Å². The molecule has 2 aliphatic heterocycles. The molecule has 0 bridgehead atoms. The van der Waals surface area contributed by atoms with Crippen LogP contribution >= 0.6 is 11.8 Å². The van der Waals surface area contributed by atoms with Gasteiger partial charge in [-0.05, 0) is 31.2 Å². The van der Waals surface area contributed by atoms with Crippen LogP contribution in [-0.4, -0.2) is 58.2 Å². The van der Waals surface area contributed by atoms with E-state index in [1.54, 1.807) is 13.8 Å². The summed E-state index contributed by atoms with van der Waals surface area (Å²) < 4.78 is 1.54. The van der Waals surface area contributed by atoms with Gasteiger partial charge in [0.1, 0.15) is 17.4 Å². The van der Waals surface area contributed by atoms with Crippen LogP contribution in [0.5, 0.6) is 0 Å². The number of thioether (sulfide) groups is 1. The molecular weight excluding hydrogens is 322 g/mol. The molecule has 23 heavy (non-hydrogen) atoms. The van der Waals surface area contributed by atoms with Crippen molar-refractivity contribution in [2.75, 3.05) is 0 Å². The SMILES string of the molecule is C[C@H](CC1=C(C(=O)O)N2C(=O)[C@H](C(C)(C)O)[C@H]2S1)n1cnnn1. The Bertz CT molecular complexity index is 681. The molecular formula is C13H17N5O4S. The number of rotatable bonds is 5. The molecule has 2 aliphatic rings. The molecule has 1 aromatic heterocycles. The largest absolute Gasteiger partial charge is 0.477 e. The van der Waals surface area contributed by atoms with E-state index in [2.05, 4.69) is 15.5 Å². The Kier molecular flexibility index (Phi) is 3.68. The summed E-state index contributed by atoms with van der Waals surface area (Å²) in [6, 6.07) is -0.142. The Morgan fingerprint density at radius 2 is 2.22 bits per heavy atom. The van der Waals surface area contributed by atoms with Crippen LogP contribution in [0.2, 0.25) is 0 Å². The van der Waals surface area contributed by atoms with E-state index in [4.69, 9.17) is 0 Å². The average molecular weight is 339 g/mol. The van der Waals surface area contributed by atoms with Crippen LogP contribution in [0.4, 0.5) is 0 Å². The smallest absolute Gasteiger partial charge is 0.353 e. The summed E-state index contributed by atoms with van der Waals surface area (Å²) in [6.45, 7) is 5.00. The lowest BCUT2D eigenvalue weighted by molar-refractivity contribution is -0.163. The second-order valence-corrected chi connectivity index (χ2v) is 7.48. The van der Waals surface area contributed by atoms with Crippen LogP contribution in [0.1, 0.15) is 33.2 Å². The predicted octanol–water partition coefficient (Wildman–Crippen LogP) is 0.223. The molecule has 3 rings (SSSR count). The Morgan fingerprint density at radius 3 is 2.74 bits per heavy atom. The highest BCUT2D eigenvalue weighted by Gasteiger charge is 2.60. The third-order valence-electron chi connectivity index (χ3n) is 4.07. The predicted molar refractivity (Wildman–Crippen MR) is 79.8 cm³/mol. The van der Waals surface area contributed by atoms with Crippen LogP contribution < -0.4 is 0 Å². The Labute approximate surface area is 136 Å². The van der Waals surface area contributed by atoms with E-state index in [1.165, 1.54) is 27.7 Å². The third kappa shape index (κ3) is 2.51. The number of carboxylic acid groups (broad SMARTS) is 1.